The van der Waals surface area contributed by atoms with Crippen LogP contribution in [0, 0.1) is 6.92 Å². The maximum atomic E-state index is 5.81. The molecule has 0 atom stereocenters. The summed E-state index contributed by atoms with van der Waals surface area (Å²) in [6.45, 7) is 1.98. The van der Waals surface area contributed by atoms with Crippen LogP contribution in [0.3, 0.4) is 0 Å². The van der Waals surface area contributed by atoms with Crippen LogP contribution in [0.5, 0.6) is 5.75 Å². The Bertz CT molecular complexity index is 554. The summed E-state index contributed by atoms with van der Waals surface area (Å²) in [5.74, 6) is 1.34. The van der Waals surface area contributed by atoms with E-state index in [1.54, 1.807) is 13.3 Å². The van der Waals surface area contributed by atoms with Gasteiger partial charge in [-0.05, 0) is 24.1 Å². The van der Waals surface area contributed by atoms with Crippen molar-refractivity contribution in [3.8, 4) is 16.9 Å². The average molecular weight is 230 g/mol. The largest absolute Gasteiger partial charge is 0.496 e. The molecule has 4 N–H and O–H groups in total. The average Bonchev–Trinajstić information content (AvgIpc) is 2.30. The molecule has 0 unspecified atom stereocenters. The second kappa shape index (κ2) is 4.29. The maximum absolute atomic E-state index is 5.81. The predicted octanol–water partition coefficient (Wildman–Crippen LogP) is 1.63. The zero-order valence-electron chi connectivity index (χ0n) is 9.77. The summed E-state index contributed by atoms with van der Waals surface area (Å²) in [7, 11) is 1.63. The SMILES string of the molecule is COc1cc(-c2cnc(N)nc2N)ccc1C. The Kier molecular flexibility index (Phi) is 2.82. The number of methoxy groups -OCH3 is 1. The minimum Gasteiger partial charge on any atom is -0.496 e. The molecule has 5 nitrogen and oxygen atoms in total. The third kappa shape index (κ3) is 2.13. The lowest BCUT2D eigenvalue weighted by Crippen LogP contribution is -2.01. The number of nitrogens with two attached hydrogens (primary N) is 2. The van der Waals surface area contributed by atoms with Crippen molar-refractivity contribution < 1.29 is 4.74 Å². The van der Waals surface area contributed by atoms with Crippen LogP contribution >= 0.6 is 0 Å². The van der Waals surface area contributed by atoms with Crippen molar-refractivity contribution in [1.29, 1.82) is 0 Å². The summed E-state index contributed by atoms with van der Waals surface area (Å²) in [5, 5.41) is 0. The van der Waals surface area contributed by atoms with Crippen LogP contribution in [0.4, 0.5) is 11.8 Å². The van der Waals surface area contributed by atoms with E-state index in [2.05, 4.69) is 9.97 Å². The summed E-state index contributed by atoms with van der Waals surface area (Å²) in [5.41, 5.74) is 14.0. The van der Waals surface area contributed by atoms with Crippen LogP contribution in [0.25, 0.3) is 11.1 Å². The molecule has 17 heavy (non-hydrogen) atoms. The van der Waals surface area contributed by atoms with Crippen LogP contribution in [0.1, 0.15) is 5.56 Å². The third-order valence-electron chi connectivity index (χ3n) is 2.56. The van der Waals surface area contributed by atoms with Gasteiger partial charge in [0, 0.05) is 11.8 Å². The fourth-order valence-electron chi connectivity index (χ4n) is 1.62. The van der Waals surface area contributed by atoms with Gasteiger partial charge in [-0.2, -0.15) is 4.98 Å². The molecule has 0 fully saturated rings. The topological polar surface area (TPSA) is 87.0 Å². The lowest BCUT2D eigenvalue weighted by Gasteiger charge is -2.09. The van der Waals surface area contributed by atoms with Crippen LogP contribution in [0.2, 0.25) is 0 Å². The zero-order valence-corrected chi connectivity index (χ0v) is 9.77. The summed E-state index contributed by atoms with van der Waals surface area (Å²) in [4.78, 5) is 7.87. The molecule has 1 heterocycles. The van der Waals surface area contributed by atoms with Crippen molar-refractivity contribution in [1.82, 2.24) is 9.97 Å². The monoisotopic (exact) mass is 230 g/mol. The molecule has 0 bridgehead atoms. The van der Waals surface area contributed by atoms with E-state index >= 15 is 0 Å². The fourth-order valence-corrected chi connectivity index (χ4v) is 1.62. The first-order valence-corrected chi connectivity index (χ1v) is 5.15. The zero-order chi connectivity index (χ0) is 12.4. The van der Waals surface area contributed by atoms with Crippen molar-refractivity contribution >= 4 is 11.8 Å². The molecular weight excluding hydrogens is 216 g/mol. The lowest BCUT2D eigenvalue weighted by atomic mass is 10.1. The van der Waals surface area contributed by atoms with Gasteiger partial charge in [0.05, 0.1) is 7.11 Å². The van der Waals surface area contributed by atoms with Gasteiger partial charge in [-0.1, -0.05) is 12.1 Å². The number of hydrogen-bond donors (Lipinski definition) is 2. The van der Waals surface area contributed by atoms with E-state index in [0.29, 0.717) is 5.82 Å². The van der Waals surface area contributed by atoms with Crippen LogP contribution in [-0.2, 0) is 0 Å². The Morgan fingerprint density at radius 2 is 2.00 bits per heavy atom. The second-order valence-electron chi connectivity index (χ2n) is 3.71. The van der Waals surface area contributed by atoms with E-state index in [-0.39, 0.29) is 5.95 Å². The van der Waals surface area contributed by atoms with Gasteiger partial charge in [0.25, 0.3) is 0 Å². The lowest BCUT2D eigenvalue weighted by molar-refractivity contribution is 0.412. The minimum absolute atomic E-state index is 0.172. The van der Waals surface area contributed by atoms with Gasteiger partial charge in [-0.15, -0.1) is 0 Å². The van der Waals surface area contributed by atoms with E-state index in [0.717, 1.165) is 22.4 Å². The Labute approximate surface area is 99.5 Å². The van der Waals surface area contributed by atoms with Crippen molar-refractivity contribution in [2.75, 3.05) is 18.6 Å². The second-order valence-corrected chi connectivity index (χ2v) is 3.71. The van der Waals surface area contributed by atoms with Crippen LogP contribution < -0.4 is 16.2 Å². The number of hydrogen-bond acceptors (Lipinski definition) is 5. The van der Waals surface area contributed by atoms with E-state index in [1.165, 1.54) is 0 Å². The van der Waals surface area contributed by atoms with E-state index in [9.17, 15) is 0 Å². The molecule has 2 aromatic rings. The number of nitrogen functional groups attached to an aromatic ring is 2. The van der Waals surface area contributed by atoms with Crippen molar-refractivity contribution in [2.45, 2.75) is 6.92 Å². The third-order valence-corrected chi connectivity index (χ3v) is 2.56. The standard InChI is InChI=1S/C12H14N4O/c1-7-3-4-8(5-10(7)17-2)9-6-15-12(14)16-11(9)13/h3-6H,1-2H3,(H4,13,14,15,16). The van der Waals surface area contributed by atoms with Gasteiger partial charge in [0.2, 0.25) is 5.95 Å². The summed E-state index contributed by atoms with van der Waals surface area (Å²) < 4.78 is 5.26. The van der Waals surface area contributed by atoms with E-state index in [1.807, 2.05) is 25.1 Å². The molecule has 0 aliphatic heterocycles. The predicted molar refractivity (Wildman–Crippen MR) is 67.6 cm³/mol. The summed E-state index contributed by atoms with van der Waals surface area (Å²) in [6.07, 6.45) is 1.61. The molecule has 0 saturated heterocycles. The first kappa shape index (κ1) is 11.2. The summed E-state index contributed by atoms with van der Waals surface area (Å²) in [6, 6.07) is 5.81. The quantitative estimate of drug-likeness (QED) is 0.818. The molecule has 0 saturated carbocycles. The number of aryl methyl sites for hydroxylation is 1. The number of rotatable bonds is 2. The van der Waals surface area contributed by atoms with Gasteiger partial charge in [0.1, 0.15) is 11.6 Å². The highest BCUT2D eigenvalue weighted by Crippen LogP contribution is 2.29. The van der Waals surface area contributed by atoms with Gasteiger partial charge in [-0.25, -0.2) is 4.98 Å². The molecule has 0 spiro atoms. The molecular formula is C12H14N4O. The molecule has 0 aliphatic carbocycles. The van der Waals surface area contributed by atoms with Crippen molar-refractivity contribution in [3.63, 3.8) is 0 Å². The van der Waals surface area contributed by atoms with Gasteiger partial charge in [0.15, 0.2) is 0 Å². The van der Waals surface area contributed by atoms with Gasteiger partial charge < -0.3 is 16.2 Å². The maximum Gasteiger partial charge on any atom is 0.221 e. The normalized spacial score (nSPS) is 10.2. The molecule has 88 valence electrons. The number of ether oxygens (including phenoxy) is 1. The van der Waals surface area contributed by atoms with E-state index in [4.69, 9.17) is 16.2 Å². The van der Waals surface area contributed by atoms with E-state index < -0.39 is 0 Å². The number of nitrogens with zero attached hydrogens (tertiary/aromatic N) is 2. The van der Waals surface area contributed by atoms with Gasteiger partial charge >= 0.3 is 0 Å². The number of aromatic nitrogens is 2. The Balaban J connectivity index is 2.53. The smallest absolute Gasteiger partial charge is 0.221 e. The molecule has 0 amide bonds. The van der Waals surface area contributed by atoms with Gasteiger partial charge in [-0.3, -0.25) is 0 Å². The Morgan fingerprint density at radius 3 is 2.65 bits per heavy atom. The first-order valence-electron chi connectivity index (χ1n) is 5.15. The van der Waals surface area contributed by atoms with Crippen molar-refractivity contribution in [3.05, 3.63) is 30.0 Å². The van der Waals surface area contributed by atoms with Crippen LogP contribution in [0.15, 0.2) is 24.4 Å². The molecule has 0 radical (unpaired) electrons. The highest BCUT2D eigenvalue weighted by Gasteiger charge is 2.07. The fraction of sp³-hybridized carbons (Fsp3) is 0.167. The van der Waals surface area contributed by atoms with Crippen LogP contribution in [-0.4, -0.2) is 17.1 Å². The molecule has 0 aliphatic rings. The Morgan fingerprint density at radius 1 is 1.24 bits per heavy atom. The molecule has 2 rings (SSSR count). The number of anilines is 2. The van der Waals surface area contributed by atoms with Crippen molar-refractivity contribution in [2.24, 2.45) is 0 Å². The minimum atomic E-state index is 0.172. The summed E-state index contributed by atoms with van der Waals surface area (Å²) >= 11 is 0. The molecule has 5 heteroatoms. The Hall–Kier alpha value is -2.30. The highest BCUT2D eigenvalue weighted by molar-refractivity contribution is 5.74. The highest BCUT2D eigenvalue weighted by atomic mass is 16.5. The molecule has 1 aromatic carbocycles. The number of benzene rings is 1. The molecule has 1 aromatic heterocycles. The first-order chi connectivity index (χ1) is 8.11.